The number of hydrogen-bond donors (Lipinski definition) is 1. The molecule has 0 spiro atoms. The number of aliphatic hydroxyl groups is 1. The standard InChI is InChI=1S/C30H30FNO4/c1-30(2,3)23-18-21(12-15-24(23)36-4)27(33)25-26(20-8-6-5-7-9-20)32(29(35)28(25)34)17-16-19-10-13-22(31)14-11-19/h5-15,18,26,33H,16-17H2,1-4H3/b27-25-. The van der Waals surface area contributed by atoms with Crippen molar-refractivity contribution in [2.24, 2.45) is 0 Å². The maximum absolute atomic E-state index is 13.3. The van der Waals surface area contributed by atoms with Crippen LogP contribution in [-0.4, -0.2) is 35.4 Å². The van der Waals surface area contributed by atoms with Gasteiger partial charge < -0.3 is 14.7 Å². The van der Waals surface area contributed by atoms with E-state index in [2.05, 4.69) is 0 Å². The molecule has 4 rings (SSSR count). The quantitative estimate of drug-likeness (QED) is 0.271. The highest BCUT2D eigenvalue weighted by atomic mass is 19.1. The van der Waals surface area contributed by atoms with E-state index in [1.165, 1.54) is 17.0 Å². The molecule has 1 saturated heterocycles. The third-order valence-electron chi connectivity index (χ3n) is 6.49. The van der Waals surface area contributed by atoms with Crippen molar-refractivity contribution in [3.8, 4) is 5.75 Å². The van der Waals surface area contributed by atoms with Crippen molar-refractivity contribution in [3.05, 3.63) is 106 Å². The smallest absolute Gasteiger partial charge is 0.295 e. The molecule has 1 amide bonds. The molecule has 36 heavy (non-hydrogen) atoms. The summed E-state index contributed by atoms with van der Waals surface area (Å²) in [6.07, 6.45) is 0.438. The summed E-state index contributed by atoms with van der Waals surface area (Å²) in [7, 11) is 1.59. The number of carbonyl (C=O) groups excluding carboxylic acids is 2. The van der Waals surface area contributed by atoms with Crippen LogP contribution in [0.3, 0.4) is 0 Å². The molecule has 1 atom stereocenters. The lowest BCUT2D eigenvalue weighted by molar-refractivity contribution is -0.139. The van der Waals surface area contributed by atoms with E-state index in [1.807, 2.05) is 57.2 Å². The number of carbonyl (C=O) groups is 2. The van der Waals surface area contributed by atoms with Gasteiger partial charge in [-0.1, -0.05) is 63.2 Å². The SMILES string of the molecule is COc1ccc(/C(O)=C2/C(=O)C(=O)N(CCc3ccc(F)cc3)C2c2ccccc2)cc1C(C)(C)C. The number of aliphatic hydroxyl groups excluding tert-OH is 1. The molecule has 6 heteroatoms. The lowest BCUT2D eigenvalue weighted by Crippen LogP contribution is -2.31. The van der Waals surface area contributed by atoms with E-state index in [9.17, 15) is 19.1 Å². The summed E-state index contributed by atoms with van der Waals surface area (Å²) in [5.74, 6) is -1.28. The van der Waals surface area contributed by atoms with Crippen molar-refractivity contribution in [3.63, 3.8) is 0 Å². The number of ketones is 1. The molecule has 1 heterocycles. The monoisotopic (exact) mass is 487 g/mol. The minimum absolute atomic E-state index is 0.0512. The van der Waals surface area contributed by atoms with Gasteiger partial charge in [0.05, 0.1) is 18.7 Å². The second-order valence-corrected chi connectivity index (χ2v) is 9.94. The molecule has 1 unspecified atom stereocenters. The van der Waals surface area contributed by atoms with Gasteiger partial charge in [-0.2, -0.15) is 0 Å². The molecule has 0 aromatic heterocycles. The lowest BCUT2D eigenvalue weighted by Gasteiger charge is -2.26. The Hall–Kier alpha value is -3.93. The fourth-order valence-corrected chi connectivity index (χ4v) is 4.59. The van der Waals surface area contributed by atoms with Crippen molar-refractivity contribution < 1.29 is 23.8 Å². The minimum atomic E-state index is -0.744. The van der Waals surface area contributed by atoms with Gasteiger partial charge in [-0.25, -0.2) is 4.39 Å². The van der Waals surface area contributed by atoms with Crippen LogP contribution in [0.1, 0.15) is 49.1 Å². The first-order chi connectivity index (χ1) is 17.1. The molecule has 186 valence electrons. The van der Waals surface area contributed by atoms with Gasteiger partial charge in [-0.05, 0) is 53.3 Å². The zero-order valence-corrected chi connectivity index (χ0v) is 20.9. The molecule has 1 N–H and O–H groups in total. The fraction of sp³-hybridized carbons (Fsp3) is 0.267. The number of Topliss-reactive ketones (excluding diaryl/α,β-unsaturated/α-hetero) is 1. The van der Waals surface area contributed by atoms with E-state index in [4.69, 9.17) is 4.74 Å². The van der Waals surface area contributed by atoms with E-state index in [1.54, 1.807) is 31.4 Å². The Balaban J connectivity index is 1.80. The molecule has 0 radical (unpaired) electrons. The van der Waals surface area contributed by atoms with Crippen molar-refractivity contribution in [2.45, 2.75) is 38.6 Å². The van der Waals surface area contributed by atoms with Gasteiger partial charge >= 0.3 is 0 Å². The van der Waals surface area contributed by atoms with E-state index < -0.39 is 17.7 Å². The van der Waals surface area contributed by atoms with Gasteiger partial charge in [0.25, 0.3) is 11.7 Å². The van der Waals surface area contributed by atoms with E-state index >= 15 is 0 Å². The summed E-state index contributed by atoms with van der Waals surface area (Å²) < 4.78 is 18.8. The third-order valence-corrected chi connectivity index (χ3v) is 6.49. The number of hydrogen-bond acceptors (Lipinski definition) is 4. The zero-order valence-electron chi connectivity index (χ0n) is 20.9. The highest BCUT2D eigenvalue weighted by Gasteiger charge is 2.45. The van der Waals surface area contributed by atoms with Crippen LogP contribution in [0.2, 0.25) is 0 Å². The molecule has 3 aromatic carbocycles. The number of nitrogens with zero attached hydrogens (tertiary/aromatic N) is 1. The number of ether oxygens (including phenoxy) is 1. The summed E-state index contributed by atoms with van der Waals surface area (Å²) in [5, 5.41) is 11.4. The van der Waals surface area contributed by atoms with Crippen molar-refractivity contribution >= 4 is 17.4 Å². The van der Waals surface area contributed by atoms with Crippen LogP contribution in [0.4, 0.5) is 4.39 Å². The molecule has 1 aliphatic rings. The molecule has 0 aliphatic carbocycles. The number of methoxy groups -OCH3 is 1. The first kappa shape index (κ1) is 25.2. The summed E-state index contributed by atoms with van der Waals surface area (Å²) in [6, 6.07) is 19.8. The maximum atomic E-state index is 13.3. The highest BCUT2D eigenvalue weighted by Crippen LogP contribution is 2.41. The number of benzene rings is 3. The Morgan fingerprint density at radius 3 is 2.28 bits per heavy atom. The molecular formula is C30H30FNO4. The summed E-state index contributed by atoms with van der Waals surface area (Å²) >= 11 is 0. The average Bonchev–Trinajstić information content (AvgIpc) is 3.12. The second-order valence-electron chi connectivity index (χ2n) is 9.94. The molecular weight excluding hydrogens is 457 g/mol. The molecule has 0 bridgehead atoms. The average molecular weight is 488 g/mol. The van der Waals surface area contributed by atoms with Crippen LogP contribution in [0, 0.1) is 5.82 Å². The van der Waals surface area contributed by atoms with Crippen LogP contribution in [0.15, 0.2) is 78.4 Å². The van der Waals surface area contributed by atoms with Gasteiger partial charge in [-0.3, -0.25) is 9.59 Å². The first-order valence-electron chi connectivity index (χ1n) is 11.9. The third kappa shape index (κ3) is 4.89. The van der Waals surface area contributed by atoms with Crippen LogP contribution in [0.5, 0.6) is 5.75 Å². The van der Waals surface area contributed by atoms with Gasteiger partial charge in [0, 0.05) is 17.7 Å². The Kier molecular flexibility index (Phi) is 6.97. The molecule has 1 aliphatic heterocycles. The molecule has 3 aromatic rings. The summed E-state index contributed by atoms with van der Waals surface area (Å²) in [6.45, 7) is 6.34. The Bertz CT molecular complexity index is 1310. The number of likely N-dealkylation sites (tertiary alicyclic amines) is 1. The summed E-state index contributed by atoms with van der Waals surface area (Å²) in [4.78, 5) is 28.0. The second kappa shape index (κ2) is 9.97. The van der Waals surface area contributed by atoms with Crippen LogP contribution in [0.25, 0.3) is 5.76 Å². The zero-order chi connectivity index (χ0) is 26.0. The summed E-state index contributed by atoms with van der Waals surface area (Å²) in [5.41, 5.74) is 2.66. The topological polar surface area (TPSA) is 66.8 Å². The Labute approximate surface area is 210 Å². The van der Waals surface area contributed by atoms with Crippen LogP contribution in [-0.2, 0) is 21.4 Å². The van der Waals surface area contributed by atoms with Crippen LogP contribution >= 0.6 is 0 Å². The Morgan fingerprint density at radius 1 is 1.00 bits per heavy atom. The van der Waals surface area contributed by atoms with Gasteiger partial charge in [0.2, 0.25) is 0 Å². The van der Waals surface area contributed by atoms with E-state index in [0.717, 1.165) is 16.7 Å². The van der Waals surface area contributed by atoms with Gasteiger partial charge in [0.1, 0.15) is 17.3 Å². The number of halogens is 1. The minimum Gasteiger partial charge on any atom is -0.507 e. The number of amides is 1. The fourth-order valence-electron chi connectivity index (χ4n) is 4.59. The van der Waals surface area contributed by atoms with Crippen molar-refractivity contribution in [2.75, 3.05) is 13.7 Å². The van der Waals surface area contributed by atoms with Crippen molar-refractivity contribution in [1.29, 1.82) is 0 Å². The molecule has 0 saturated carbocycles. The Morgan fingerprint density at radius 2 is 1.67 bits per heavy atom. The predicted molar refractivity (Wildman–Crippen MR) is 137 cm³/mol. The lowest BCUT2D eigenvalue weighted by atomic mass is 9.84. The van der Waals surface area contributed by atoms with Gasteiger partial charge in [0.15, 0.2) is 0 Å². The van der Waals surface area contributed by atoms with Crippen LogP contribution < -0.4 is 4.74 Å². The molecule has 5 nitrogen and oxygen atoms in total. The van der Waals surface area contributed by atoms with Crippen molar-refractivity contribution in [1.82, 2.24) is 4.90 Å². The van der Waals surface area contributed by atoms with E-state index in [0.29, 0.717) is 17.7 Å². The predicted octanol–water partition coefficient (Wildman–Crippen LogP) is 5.80. The normalized spacial score (nSPS) is 17.5. The molecule has 1 fully saturated rings. The van der Waals surface area contributed by atoms with Gasteiger partial charge in [-0.15, -0.1) is 0 Å². The maximum Gasteiger partial charge on any atom is 0.295 e. The first-order valence-corrected chi connectivity index (χ1v) is 11.9. The van der Waals surface area contributed by atoms with E-state index in [-0.39, 0.29) is 29.1 Å². The largest absolute Gasteiger partial charge is 0.507 e. The highest BCUT2D eigenvalue weighted by molar-refractivity contribution is 6.46. The number of rotatable bonds is 6.